The summed E-state index contributed by atoms with van der Waals surface area (Å²) in [6.45, 7) is 2.50. The second-order valence-electron chi connectivity index (χ2n) is 4.80. The summed E-state index contributed by atoms with van der Waals surface area (Å²) in [5, 5.41) is 3.36. The Kier molecular flexibility index (Phi) is 5.56. The van der Waals surface area contributed by atoms with Crippen LogP contribution < -0.4 is 5.32 Å². The van der Waals surface area contributed by atoms with E-state index in [0.717, 1.165) is 35.4 Å². The normalized spacial score (nSPS) is 10.8. The molecule has 2 rings (SSSR count). The van der Waals surface area contributed by atoms with Gasteiger partial charge in [0.1, 0.15) is 5.82 Å². The van der Waals surface area contributed by atoms with Crippen LogP contribution in [0.15, 0.2) is 53.0 Å². The van der Waals surface area contributed by atoms with Crippen LogP contribution in [0, 0.1) is 5.82 Å². The fourth-order valence-electron chi connectivity index (χ4n) is 1.98. The van der Waals surface area contributed by atoms with E-state index in [9.17, 15) is 4.39 Å². The fourth-order valence-corrected chi connectivity index (χ4v) is 2.25. The number of nitrogens with one attached hydrogen (secondary N) is 1. The number of likely N-dealkylation sites (N-methyl/N-ethyl adjacent to an activating group) is 1. The Morgan fingerprint density at radius 1 is 1.15 bits per heavy atom. The molecule has 0 heterocycles. The van der Waals surface area contributed by atoms with E-state index < -0.39 is 0 Å². The van der Waals surface area contributed by atoms with Gasteiger partial charge in [-0.3, -0.25) is 0 Å². The SMILES string of the molecule is CN(CCNc1ccc(Br)cc1)Cc1cccc(F)c1. The first-order chi connectivity index (χ1) is 9.63. The van der Waals surface area contributed by atoms with E-state index in [0.29, 0.717) is 0 Å². The van der Waals surface area contributed by atoms with Crippen molar-refractivity contribution in [1.82, 2.24) is 4.90 Å². The molecule has 4 heteroatoms. The first-order valence-corrected chi connectivity index (χ1v) is 7.35. The van der Waals surface area contributed by atoms with E-state index in [-0.39, 0.29) is 5.82 Å². The average molecular weight is 337 g/mol. The van der Waals surface area contributed by atoms with Crippen LogP contribution in [0.5, 0.6) is 0 Å². The quantitative estimate of drug-likeness (QED) is 0.853. The van der Waals surface area contributed by atoms with Gasteiger partial charge in [0.25, 0.3) is 0 Å². The first kappa shape index (κ1) is 15.0. The molecule has 0 aliphatic rings. The second kappa shape index (κ2) is 7.41. The largest absolute Gasteiger partial charge is 0.384 e. The molecule has 20 heavy (non-hydrogen) atoms. The Hall–Kier alpha value is -1.39. The number of hydrogen-bond donors (Lipinski definition) is 1. The third kappa shape index (κ3) is 4.94. The van der Waals surface area contributed by atoms with Crippen molar-refractivity contribution in [2.45, 2.75) is 6.54 Å². The minimum absolute atomic E-state index is 0.177. The van der Waals surface area contributed by atoms with Crippen molar-refractivity contribution in [2.75, 3.05) is 25.5 Å². The summed E-state index contributed by atoms with van der Waals surface area (Å²) >= 11 is 3.41. The summed E-state index contributed by atoms with van der Waals surface area (Å²) < 4.78 is 14.2. The van der Waals surface area contributed by atoms with E-state index in [1.54, 1.807) is 12.1 Å². The monoisotopic (exact) mass is 336 g/mol. The molecule has 0 aliphatic heterocycles. The smallest absolute Gasteiger partial charge is 0.123 e. The van der Waals surface area contributed by atoms with Crippen LogP contribution in [0.4, 0.5) is 10.1 Å². The van der Waals surface area contributed by atoms with Gasteiger partial charge in [-0.15, -0.1) is 0 Å². The third-order valence-electron chi connectivity index (χ3n) is 3.01. The molecule has 0 fully saturated rings. The van der Waals surface area contributed by atoms with Crippen LogP contribution >= 0.6 is 15.9 Å². The third-order valence-corrected chi connectivity index (χ3v) is 3.54. The molecule has 106 valence electrons. The van der Waals surface area contributed by atoms with Gasteiger partial charge in [0, 0.05) is 29.8 Å². The summed E-state index contributed by atoms with van der Waals surface area (Å²) in [7, 11) is 2.04. The standard InChI is InChI=1S/C16H18BrFN2/c1-20(12-13-3-2-4-15(18)11-13)10-9-19-16-7-5-14(17)6-8-16/h2-8,11,19H,9-10,12H2,1H3. The molecule has 0 atom stereocenters. The maximum Gasteiger partial charge on any atom is 0.123 e. The minimum atomic E-state index is -0.177. The molecule has 0 bridgehead atoms. The molecule has 2 aromatic carbocycles. The van der Waals surface area contributed by atoms with Gasteiger partial charge in [-0.2, -0.15) is 0 Å². The topological polar surface area (TPSA) is 15.3 Å². The van der Waals surface area contributed by atoms with E-state index in [4.69, 9.17) is 0 Å². The van der Waals surface area contributed by atoms with Crippen LogP contribution in [0.2, 0.25) is 0 Å². The molecule has 0 aromatic heterocycles. The van der Waals surface area contributed by atoms with Gasteiger partial charge < -0.3 is 10.2 Å². The molecule has 2 nitrogen and oxygen atoms in total. The number of benzene rings is 2. The Morgan fingerprint density at radius 2 is 1.90 bits per heavy atom. The summed E-state index contributed by atoms with van der Waals surface area (Å²) in [4.78, 5) is 2.17. The molecule has 0 saturated carbocycles. The maximum absolute atomic E-state index is 13.1. The van der Waals surface area contributed by atoms with Gasteiger partial charge in [0.15, 0.2) is 0 Å². The maximum atomic E-state index is 13.1. The number of nitrogens with zero attached hydrogens (tertiary/aromatic N) is 1. The molecule has 1 N–H and O–H groups in total. The molecule has 0 aliphatic carbocycles. The second-order valence-corrected chi connectivity index (χ2v) is 5.72. The average Bonchev–Trinajstić information content (AvgIpc) is 2.41. The molecule has 2 aromatic rings. The molecule has 0 spiro atoms. The van der Waals surface area contributed by atoms with Gasteiger partial charge in [0.2, 0.25) is 0 Å². The van der Waals surface area contributed by atoms with Crippen molar-refractivity contribution in [2.24, 2.45) is 0 Å². The van der Waals surface area contributed by atoms with E-state index >= 15 is 0 Å². The molecule has 0 saturated heterocycles. The van der Waals surface area contributed by atoms with E-state index in [1.165, 1.54) is 6.07 Å². The number of rotatable bonds is 6. The molecular formula is C16H18BrFN2. The lowest BCUT2D eigenvalue weighted by atomic mass is 10.2. The van der Waals surface area contributed by atoms with Crippen molar-refractivity contribution in [3.8, 4) is 0 Å². The van der Waals surface area contributed by atoms with Gasteiger partial charge in [-0.1, -0.05) is 28.1 Å². The molecule has 0 amide bonds. The zero-order chi connectivity index (χ0) is 14.4. The lowest BCUT2D eigenvalue weighted by molar-refractivity contribution is 0.339. The van der Waals surface area contributed by atoms with Crippen molar-refractivity contribution in [1.29, 1.82) is 0 Å². The van der Waals surface area contributed by atoms with E-state index in [2.05, 4.69) is 26.1 Å². The number of halogens is 2. The minimum Gasteiger partial charge on any atom is -0.384 e. The van der Waals surface area contributed by atoms with Crippen LogP contribution in [0.1, 0.15) is 5.56 Å². The lowest BCUT2D eigenvalue weighted by Gasteiger charge is -2.17. The van der Waals surface area contributed by atoms with Gasteiger partial charge >= 0.3 is 0 Å². The Bertz CT molecular complexity index is 542. The van der Waals surface area contributed by atoms with E-state index in [1.807, 2.05) is 37.4 Å². The summed E-state index contributed by atoms with van der Waals surface area (Å²) in [6.07, 6.45) is 0. The van der Waals surface area contributed by atoms with Crippen molar-refractivity contribution in [3.63, 3.8) is 0 Å². The summed E-state index contributed by atoms with van der Waals surface area (Å²) in [5.74, 6) is -0.177. The molecule has 0 radical (unpaired) electrons. The molecular weight excluding hydrogens is 319 g/mol. The zero-order valence-corrected chi connectivity index (χ0v) is 13.0. The number of hydrogen-bond acceptors (Lipinski definition) is 2. The van der Waals surface area contributed by atoms with Gasteiger partial charge in [0.05, 0.1) is 0 Å². The summed E-state index contributed by atoms with van der Waals surface area (Å²) in [6, 6.07) is 14.8. The molecule has 0 unspecified atom stereocenters. The lowest BCUT2D eigenvalue weighted by Crippen LogP contribution is -2.24. The summed E-state index contributed by atoms with van der Waals surface area (Å²) in [5.41, 5.74) is 2.10. The van der Waals surface area contributed by atoms with Gasteiger partial charge in [-0.05, 0) is 49.0 Å². The Balaban J connectivity index is 1.75. The number of anilines is 1. The van der Waals surface area contributed by atoms with Crippen LogP contribution in [-0.4, -0.2) is 25.0 Å². The van der Waals surface area contributed by atoms with Gasteiger partial charge in [-0.25, -0.2) is 4.39 Å². The Morgan fingerprint density at radius 3 is 2.60 bits per heavy atom. The highest BCUT2D eigenvalue weighted by molar-refractivity contribution is 9.10. The van der Waals surface area contributed by atoms with Crippen molar-refractivity contribution >= 4 is 21.6 Å². The zero-order valence-electron chi connectivity index (χ0n) is 11.4. The highest BCUT2D eigenvalue weighted by Crippen LogP contribution is 2.13. The first-order valence-electron chi connectivity index (χ1n) is 6.56. The van der Waals surface area contributed by atoms with Crippen molar-refractivity contribution < 1.29 is 4.39 Å². The predicted octanol–water partition coefficient (Wildman–Crippen LogP) is 4.13. The van der Waals surface area contributed by atoms with Crippen LogP contribution in [0.25, 0.3) is 0 Å². The fraction of sp³-hybridized carbons (Fsp3) is 0.250. The predicted molar refractivity (Wildman–Crippen MR) is 85.4 cm³/mol. The van der Waals surface area contributed by atoms with Crippen molar-refractivity contribution in [3.05, 3.63) is 64.4 Å². The highest BCUT2D eigenvalue weighted by atomic mass is 79.9. The van der Waals surface area contributed by atoms with Crippen LogP contribution in [0.3, 0.4) is 0 Å². The highest BCUT2D eigenvalue weighted by Gasteiger charge is 2.01. The Labute approximate surface area is 127 Å². The van der Waals surface area contributed by atoms with Crippen LogP contribution in [-0.2, 0) is 6.54 Å².